The van der Waals surface area contributed by atoms with E-state index in [-0.39, 0.29) is 5.91 Å². The van der Waals surface area contributed by atoms with Gasteiger partial charge >= 0.3 is 0 Å². The standard InChI is InChI=1S/C20H18N2O2/c1-3-13-24-18-11-9-16(10-12-18)14-19-15(2)21-22(20(19)23)17-7-5-4-6-8-17/h3-12,14H,1,13H2,2H3/b19-14+. The van der Waals surface area contributed by atoms with Crippen LogP contribution in [0.3, 0.4) is 0 Å². The number of amides is 1. The highest BCUT2D eigenvalue weighted by Crippen LogP contribution is 2.25. The quantitative estimate of drug-likeness (QED) is 0.616. The first kappa shape index (κ1) is 15.7. The summed E-state index contributed by atoms with van der Waals surface area (Å²) in [6, 6.07) is 17.0. The molecule has 1 heterocycles. The smallest absolute Gasteiger partial charge is 0.280 e. The predicted octanol–water partition coefficient (Wildman–Crippen LogP) is 4.06. The molecule has 1 aliphatic heterocycles. The molecule has 0 N–H and O–H groups in total. The Balaban J connectivity index is 1.82. The van der Waals surface area contributed by atoms with Crippen molar-refractivity contribution in [1.29, 1.82) is 0 Å². The number of hydrogen-bond donors (Lipinski definition) is 0. The van der Waals surface area contributed by atoms with Gasteiger partial charge in [-0.2, -0.15) is 10.1 Å². The summed E-state index contributed by atoms with van der Waals surface area (Å²) >= 11 is 0. The van der Waals surface area contributed by atoms with Gasteiger partial charge < -0.3 is 4.74 Å². The molecule has 0 aliphatic carbocycles. The van der Waals surface area contributed by atoms with Gasteiger partial charge in [-0.15, -0.1) is 0 Å². The van der Waals surface area contributed by atoms with Crippen molar-refractivity contribution >= 4 is 23.4 Å². The highest BCUT2D eigenvalue weighted by Gasteiger charge is 2.28. The first-order chi connectivity index (χ1) is 11.7. The number of benzene rings is 2. The number of carbonyl (C=O) groups excluding carboxylic acids is 1. The number of rotatable bonds is 5. The molecule has 1 amide bonds. The van der Waals surface area contributed by atoms with Gasteiger partial charge in [0.25, 0.3) is 5.91 Å². The largest absolute Gasteiger partial charge is 0.490 e. The van der Waals surface area contributed by atoms with Crippen molar-refractivity contribution in [3.63, 3.8) is 0 Å². The lowest BCUT2D eigenvalue weighted by Gasteiger charge is -2.11. The molecule has 4 nitrogen and oxygen atoms in total. The lowest BCUT2D eigenvalue weighted by molar-refractivity contribution is -0.114. The van der Waals surface area contributed by atoms with Crippen LogP contribution in [0.25, 0.3) is 6.08 Å². The second-order valence-electron chi connectivity index (χ2n) is 5.36. The van der Waals surface area contributed by atoms with Crippen molar-refractivity contribution in [2.45, 2.75) is 6.92 Å². The van der Waals surface area contributed by atoms with Crippen LogP contribution in [0, 0.1) is 0 Å². The van der Waals surface area contributed by atoms with E-state index in [0.29, 0.717) is 17.9 Å². The van der Waals surface area contributed by atoms with Gasteiger partial charge in [0.2, 0.25) is 0 Å². The number of hydrogen-bond acceptors (Lipinski definition) is 3. The second kappa shape index (κ2) is 6.96. The summed E-state index contributed by atoms with van der Waals surface area (Å²) in [6.07, 6.45) is 3.55. The van der Waals surface area contributed by atoms with Gasteiger partial charge in [-0.1, -0.05) is 43.0 Å². The molecule has 0 aromatic heterocycles. The summed E-state index contributed by atoms with van der Waals surface area (Å²) in [6.45, 7) is 5.93. The van der Waals surface area contributed by atoms with E-state index in [1.165, 1.54) is 5.01 Å². The molecular weight excluding hydrogens is 300 g/mol. The molecule has 2 aromatic carbocycles. The zero-order valence-electron chi connectivity index (χ0n) is 13.5. The molecular formula is C20H18N2O2. The predicted molar refractivity (Wildman–Crippen MR) is 97.1 cm³/mol. The van der Waals surface area contributed by atoms with Crippen molar-refractivity contribution in [2.75, 3.05) is 11.6 Å². The van der Waals surface area contributed by atoms with Crippen LogP contribution in [0.15, 0.2) is 77.9 Å². The Hall–Kier alpha value is -3.14. The van der Waals surface area contributed by atoms with Crippen molar-refractivity contribution in [1.82, 2.24) is 0 Å². The lowest BCUT2D eigenvalue weighted by Crippen LogP contribution is -2.21. The molecule has 0 spiro atoms. The van der Waals surface area contributed by atoms with E-state index in [9.17, 15) is 4.79 Å². The minimum absolute atomic E-state index is 0.120. The van der Waals surface area contributed by atoms with Crippen molar-refractivity contribution < 1.29 is 9.53 Å². The molecule has 3 rings (SSSR count). The van der Waals surface area contributed by atoms with Gasteiger partial charge in [0.1, 0.15) is 12.4 Å². The van der Waals surface area contributed by atoms with Crippen LogP contribution in [0.2, 0.25) is 0 Å². The number of anilines is 1. The van der Waals surface area contributed by atoms with E-state index >= 15 is 0 Å². The van der Waals surface area contributed by atoms with Crippen LogP contribution >= 0.6 is 0 Å². The maximum absolute atomic E-state index is 12.6. The molecule has 0 bridgehead atoms. The summed E-state index contributed by atoms with van der Waals surface area (Å²) in [4.78, 5) is 12.6. The zero-order valence-corrected chi connectivity index (χ0v) is 13.5. The summed E-state index contributed by atoms with van der Waals surface area (Å²) in [7, 11) is 0. The Kier molecular flexibility index (Phi) is 4.57. The van der Waals surface area contributed by atoms with Crippen molar-refractivity contribution in [3.05, 3.63) is 78.4 Å². The van der Waals surface area contributed by atoms with E-state index in [4.69, 9.17) is 4.74 Å². The lowest BCUT2D eigenvalue weighted by atomic mass is 10.1. The molecule has 0 atom stereocenters. The fraction of sp³-hybridized carbons (Fsp3) is 0.100. The summed E-state index contributed by atoms with van der Waals surface area (Å²) in [5, 5.41) is 5.81. The van der Waals surface area contributed by atoms with E-state index in [1.807, 2.05) is 67.6 Å². The summed E-state index contributed by atoms with van der Waals surface area (Å²) in [5.74, 6) is 0.650. The van der Waals surface area contributed by atoms with E-state index in [1.54, 1.807) is 6.08 Å². The third-order valence-electron chi connectivity index (χ3n) is 3.62. The van der Waals surface area contributed by atoms with Crippen molar-refractivity contribution in [3.8, 4) is 5.75 Å². The average Bonchev–Trinajstić information content (AvgIpc) is 2.90. The molecule has 4 heteroatoms. The third kappa shape index (κ3) is 3.27. The van der Waals surface area contributed by atoms with Crippen molar-refractivity contribution in [2.24, 2.45) is 5.10 Å². The SMILES string of the molecule is C=CCOc1ccc(/C=C2/C(=O)N(c3ccccc3)N=C2C)cc1. The summed E-state index contributed by atoms with van der Waals surface area (Å²) < 4.78 is 5.46. The molecule has 0 saturated heterocycles. The monoisotopic (exact) mass is 318 g/mol. The van der Waals surface area contributed by atoms with Crippen LogP contribution in [0.5, 0.6) is 5.75 Å². The van der Waals surface area contributed by atoms with E-state index in [0.717, 1.165) is 17.0 Å². The van der Waals surface area contributed by atoms with Crippen LogP contribution in [-0.4, -0.2) is 18.2 Å². The van der Waals surface area contributed by atoms with Gasteiger partial charge in [-0.25, -0.2) is 0 Å². The first-order valence-corrected chi connectivity index (χ1v) is 7.69. The number of nitrogens with zero attached hydrogens (tertiary/aromatic N) is 2. The zero-order chi connectivity index (χ0) is 16.9. The third-order valence-corrected chi connectivity index (χ3v) is 3.62. The molecule has 120 valence electrons. The Bertz CT molecular complexity index is 805. The average molecular weight is 318 g/mol. The number of carbonyl (C=O) groups is 1. The molecule has 0 radical (unpaired) electrons. The Morgan fingerprint density at radius 1 is 1.12 bits per heavy atom. The minimum atomic E-state index is -0.120. The highest BCUT2D eigenvalue weighted by molar-refractivity contribution is 6.32. The van der Waals surface area contributed by atoms with Gasteiger partial charge in [-0.05, 0) is 42.8 Å². The molecule has 0 unspecified atom stereocenters. The Morgan fingerprint density at radius 3 is 2.50 bits per heavy atom. The summed E-state index contributed by atoms with van der Waals surface area (Å²) in [5.41, 5.74) is 2.99. The second-order valence-corrected chi connectivity index (χ2v) is 5.36. The maximum Gasteiger partial charge on any atom is 0.280 e. The Morgan fingerprint density at radius 2 is 1.83 bits per heavy atom. The van der Waals surface area contributed by atoms with E-state index in [2.05, 4.69) is 11.7 Å². The van der Waals surface area contributed by atoms with E-state index < -0.39 is 0 Å². The minimum Gasteiger partial charge on any atom is -0.490 e. The van der Waals surface area contributed by atoms with Gasteiger partial charge in [0.05, 0.1) is 17.0 Å². The molecule has 1 aliphatic rings. The fourth-order valence-corrected chi connectivity index (χ4v) is 2.41. The van der Waals surface area contributed by atoms with Gasteiger partial charge in [-0.3, -0.25) is 4.79 Å². The molecule has 0 fully saturated rings. The Labute approximate surface area is 141 Å². The van der Waals surface area contributed by atoms with Gasteiger partial charge in [0, 0.05) is 0 Å². The molecule has 0 saturated carbocycles. The normalized spacial score (nSPS) is 15.5. The highest BCUT2D eigenvalue weighted by atomic mass is 16.5. The van der Waals surface area contributed by atoms with Crippen LogP contribution < -0.4 is 9.75 Å². The van der Waals surface area contributed by atoms with Crippen LogP contribution in [0.1, 0.15) is 12.5 Å². The maximum atomic E-state index is 12.6. The molecule has 2 aromatic rings. The number of ether oxygens (including phenoxy) is 1. The number of hydrazone groups is 1. The molecule has 24 heavy (non-hydrogen) atoms. The van der Waals surface area contributed by atoms with Gasteiger partial charge in [0.15, 0.2) is 0 Å². The first-order valence-electron chi connectivity index (χ1n) is 7.69. The van der Waals surface area contributed by atoms with Crippen LogP contribution in [0.4, 0.5) is 5.69 Å². The fourth-order valence-electron chi connectivity index (χ4n) is 2.41. The van der Waals surface area contributed by atoms with Crippen LogP contribution in [-0.2, 0) is 4.79 Å². The number of para-hydroxylation sites is 1. The topological polar surface area (TPSA) is 41.9 Å².